The summed E-state index contributed by atoms with van der Waals surface area (Å²) in [5, 5.41) is 14.1. The van der Waals surface area contributed by atoms with E-state index in [2.05, 4.69) is 36.5 Å². The summed E-state index contributed by atoms with van der Waals surface area (Å²) in [5.41, 5.74) is 4.28. The molecule has 3 rings (SSSR count). The fourth-order valence-corrected chi connectivity index (χ4v) is 2.84. The molecule has 7 heteroatoms. The third kappa shape index (κ3) is 3.41. The third-order valence-electron chi connectivity index (χ3n) is 3.78. The van der Waals surface area contributed by atoms with Gasteiger partial charge in [-0.15, -0.1) is 0 Å². The first-order valence-electron chi connectivity index (χ1n) is 7.69. The Hall–Kier alpha value is -2.41. The maximum atomic E-state index is 12.3. The van der Waals surface area contributed by atoms with Crippen molar-refractivity contribution in [1.82, 2.24) is 25.3 Å². The van der Waals surface area contributed by atoms with E-state index >= 15 is 0 Å². The van der Waals surface area contributed by atoms with Crippen molar-refractivity contribution in [3.63, 3.8) is 0 Å². The molecule has 124 valence electrons. The largest absolute Gasteiger partial charge is 0.345 e. The summed E-state index contributed by atoms with van der Waals surface area (Å²) in [6.07, 6.45) is 1.73. The average Bonchev–Trinajstić information content (AvgIpc) is 3.20. The molecule has 1 amide bonds. The molecule has 0 aliphatic rings. The molecule has 0 radical (unpaired) electrons. The van der Waals surface area contributed by atoms with Crippen molar-refractivity contribution >= 4 is 21.8 Å². The van der Waals surface area contributed by atoms with E-state index in [0.29, 0.717) is 12.2 Å². The topological polar surface area (TPSA) is 75.6 Å². The van der Waals surface area contributed by atoms with Crippen LogP contribution in [0.5, 0.6) is 0 Å². The number of amides is 1. The Bertz CT molecular complexity index is 850. The lowest BCUT2D eigenvalue weighted by molar-refractivity contribution is 0.0945. The third-order valence-corrected chi connectivity index (χ3v) is 4.45. The Morgan fingerprint density at radius 3 is 2.79 bits per heavy atom. The first-order chi connectivity index (χ1) is 11.6. The number of benzene rings is 1. The Morgan fingerprint density at radius 2 is 2.08 bits per heavy atom. The van der Waals surface area contributed by atoms with E-state index in [1.165, 1.54) is 5.56 Å². The van der Waals surface area contributed by atoms with Crippen LogP contribution in [0, 0.1) is 6.92 Å². The summed E-state index contributed by atoms with van der Waals surface area (Å²) in [4.78, 5) is 12.3. The number of aryl methyl sites for hydroxylation is 2. The van der Waals surface area contributed by atoms with E-state index in [1.54, 1.807) is 12.3 Å². The highest BCUT2D eigenvalue weighted by molar-refractivity contribution is 9.10. The maximum absolute atomic E-state index is 12.3. The van der Waals surface area contributed by atoms with Gasteiger partial charge in [-0.25, -0.2) is 0 Å². The van der Waals surface area contributed by atoms with Gasteiger partial charge >= 0.3 is 0 Å². The molecule has 6 nitrogen and oxygen atoms in total. The molecular formula is C17H18BrN5O. The summed E-state index contributed by atoms with van der Waals surface area (Å²) in [6, 6.07) is 9.78. The lowest BCUT2D eigenvalue weighted by Gasteiger charge is -2.06. The van der Waals surface area contributed by atoms with Crippen molar-refractivity contribution in [3.05, 3.63) is 58.0 Å². The van der Waals surface area contributed by atoms with Gasteiger partial charge in [0.25, 0.3) is 5.91 Å². The van der Waals surface area contributed by atoms with E-state index in [-0.39, 0.29) is 5.91 Å². The zero-order chi connectivity index (χ0) is 17.1. The summed E-state index contributed by atoms with van der Waals surface area (Å²) in [5.74, 6) is -0.198. The van der Waals surface area contributed by atoms with Crippen LogP contribution < -0.4 is 5.32 Å². The van der Waals surface area contributed by atoms with Crippen LogP contribution in [0.3, 0.4) is 0 Å². The number of nitrogens with one attached hydrogen (secondary N) is 2. The lowest BCUT2D eigenvalue weighted by Crippen LogP contribution is -2.25. The van der Waals surface area contributed by atoms with Gasteiger partial charge in [-0.2, -0.15) is 10.2 Å². The zero-order valence-electron chi connectivity index (χ0n) is 13.5. The van der Waals surface area contributed by atoms with Crippen LogP contribution in [0.25, 0.3) is 11.3 Å². The highest BCUT2D eigenvalue weighted by Gasteiger charge is 2.13. The molecule has 2 heterocycles. The fourth-order valence-electron chi connectivity index (χ4n) is 2.41. The number of aromatic nitrogens is 4. The highest BCUT2D eigenvalue weighted by atomic mass is 79.9. The predicted molar refractivity (Wildman–Crippen MR) is 95.5 cm³/mol. The van der Waals surface area contributed by atoms with Gasteiger partial charge in [0.15, 0.2) is 0 Å². The molecule has 0 saturated carbocycles. The van der Waals surface area contributed by atoms with Gasteiger partial charge in [0, 0.05) is 12.1 Å². The number of aromatic amines is 1. The van der Waals surface area contributed by atoms with Gasteiger partial charge in [0.1, 0.15) is 5.69 Å². The molecule has 0 bridgehead atoms. The number of nitrogens with zero attached hydrogens (tertiary/aromatic N) is 3. The predicted octanol–water partition coefficient (Wildman–Crippen LogP) is 3.29. The maximum Gasteiger partial charge on any atom is 0.269 e. The van der Waals surface area contributed by atoms with Crippen LogP contribution in [-0.2, 0) is 13.1 Å². The van der Waals surface area contributed by atoms with Crippen LogP contribution in [-0.4, -0.2) is 25.9 Å². The number of hydrogen-bond donors (Lipinski definition) is 2. The zero-order valence-corrected chi connectivity index (χ0v) is 15.1. The number of carbonyl (C=O) groups is 1. The minimum absolute atomic E-state index is 0.198. The molecule has 3 aromatic rings. The second-order valence-corrected chi connectivity index (χ2v) is 6.32. The Balaban J connectivity index is 1.70. The summed E-state index contributed by atoms with van der Waals surface area (Å²) < 4.78 is 2.73. The number of halogens is 1. The molecular weight excluding hydrogens is 370 g/mol. The van der Waals surface area contributed by atoms with Crippen molar-refractivity contribution < 1.29 is 4.79 Å². The molecule has 0 atom stereocenters. The smallest absolute Gasteiger partial charge is 0.269 e. The van der Waals surface area contributed by atoms with E-state index in [0.717, 1.165) is 28.0 Å². The van der Waals surface area contributed by atoms with Crippen LogP contribution >= 0.6 is 15.9 Å². The van der Waals surface area contributed by atoms with Gasteiger partial charge in [-0.05, 0) is 35.8 Å². The highest BCUT2D eigenvalue weighted by Crippen LogP contribution is 2.19. The number of carbonyl (C=O) groups excluding carboxylic acids is 1. The van der Waals surface area contributed by atoms with E-state index in [4.69, 9.17) is 0 Å². The minimum Gasteiger partial charge on any atom is -0.345 e. The van der Waals surface area contributed by atoms with Crippen LogP contribution in [0.4, 0.5) is 0 Å². The first-order valence-corrected chi connectivity index (χ1v) is 8.48. The number of H-pyrrole nitrogens is 1. The summed E-state index contributed by atoms with van der Waals surface area (Å²) in [7, 11) is 0. The molecule has 0 aliphatic carbocycles. The van der Waals surface area contributed by atoms with Crippen LogP contribution in [0.1, 0.15) is 28.7 Å². The van der Waals surface area contributed by atoms with E-state index in [9.17, 15) is 4.79 Å². The molecule has 0 saturated heterocycles. The first kappa shape index (κ1) is 16.4. The van der Waals surface area contributed by atoms with Crippen molar-refractivity contribution in [1.29, 1.82) is 0 Å². The molecule has 0 aliphatic heterocycles. The van der Waals surface area contributed by atoms with Gasteiger partial charge in [-0.1, -0.05) is 29.8 Å². The van der Waals surface area contributed by atoms with Gasteiger partial charge in [0.05, 0.1) is 28.6 Å². The normalized spacial score (nSPS) is 10.8. The quantitative estimate of drug-likeness (QED) is 0.704. The fraction of sp³-hybridized carbons (Fsp3) is 0.235. The molecule has 2 N–H and O–H groups in total. The standard InChI is InChI=1S/C17H18BrN5O/c1-3-23-16(13(18)9-20-23)10-19-17(24)15-8-14(21-22-15)12-6-4-11(2)5-7-12/h4-9H,3,10H2,1-2H3,(H,19,24)(H,21,22). The van der Waals surface area contributed by atoms with Crippen molar-refractivity contribution in [3.8, 4) is 11.3 Å². The molecule has 0 spiro atoms. The van der Waals surface area contributed by atoms with Crippen molar-refractivity contribution in [2.24, 2.45) is 0 Å². The lowest BCUT2D eigenvalue weighted by atomic mass is 10.1. The van der Waals surface area contributed by atoms with Gasteiger partial charge < -0.3 is 5.32 Å². The van der Waals surface area contributed by atoms with E-state index in [1.807, 2.05) is 42.8 Å². The summed E-state index contributed by atoms with van der Waals surface area (Å²) in [6.45, 7) is 5.18. The van der Waals surface area contributed by atoms with Crippen molar-refractivity contribution in [2.75, 3.05) is 0 Å². The molecule has 0 fully saturated rings. The Labute approximate surface area is 148 Å². The SMILES string of the molecule is CCn1ncc(Br)c1CNC(=O)c1cc(-c2ccc(C)cc2)n[nH]1. The molecule has 1 aromatic carbocycles. The Kier molecular flexibility index (Phi) is 4.80. The average molecular weight is 388 g/mol. The van der Waals surface area contributed by atoms with Gasteiger partial charge in [0.2, 0.25) is 0 Å². The summed E-state index contributed by atoms with van der Waals surface area (Å²) >= 11 is 3.45. The van der Waals surface area contributed by atoms with Gasteiger partial charge in [-0.3, -0.25) is 14.6 Å². The monoisotopic (exact) mass is 387 g/mol. The minimum atomic E-state index is -0.198. The Morgan fingerprint density at radius 1 is 1.33 bits per heavy atom. The molecule has 24 heavy (non-hydrogen) atoms. The second-order valence-electron chi connectivity index (χ2n) is 5.47. The van der Waals surface area contributed by atoms with Crippen LogP contribution in [0.15, 0.2) is 41.0 Å². The van der Waals surface area contributed by atoms with Crippen LogP contribution in [0.2, 0.25) is 0 Å². The molecule has 0 unspecified atom stereocenters. The number of rotatable bonds is 5. The molecule has 2 aromatic heterocycles. The van der Waals surface area contributed by atoms with Crippen molar-refractivity contribution in [2.45, 2.75) is 26.9 Å². The van der Waals surface area contributed by atoms with E-state index < -0.39 is 0 Å². The number of hydrogen-bond acceptors (Lipinski definition) is 3. The second kappa shape index (κ2) is 7.00.